The van der Waals surface area contributed by atoms with Crippen molar-refractivity contribution in [3.8, 4) is 16.8 Å². The smallest absolute Gasteiger partial charge is 0.335 e. The van der Waals surface area contributed by atoms with Crippen molar-refractivity contribution in [3.63, 3.8) is 0 Å². The van der Waals surface area contributed by atoms with Crippen LogP contribution < -0.4 is 10.7 Å². The first-order chi connectivity index (χ1) is 23.2. The molecule has 4 aromatic carbocycles. The van der Waals surface area contributed by atoms with Gasteiger partial charge < -0.3 is 19.7 Å². The predicted octanol–water partition coefficient (Wildman–Crippen LogP) is 5.91. The molecule has 0 aliphatic carbocycles. The average Bonchev–Trinajstić information content (AvgIpc) is 3.59. The molecule has 2 N–H and O–H groups in total. The molecule has 0 bridgehead atoms. The molecule has 48 heavy (non-hydrogen) atoms. The van der Waals surface area contributed by atoms with Gasteiger partial charge in [-0.15, -0.1) is 5.10 Å². The van der Waals surface area contributed by atoms with Gasteiger partial charge in [-0.2, -0.15) is 0 Å². The zero-order chi connectivity index (χ0) is 33.5. The number of rotatable bonds is 6. The topological polar surface area (TPSA) is 148 Å². The van der Waals surface area contributed by atoms with Gasteiger partial charge in [0.15, 0.2) is 16.9 Å². The zero-order valence-electron chi connectivity index (χ0n) is 24.8. The van der Waals surface area contributed by atoms with Crippen molar-refractivity contribution in [1.82, 2.24) is 19.9 Å². The molecule has 238 valence electrons. The monoisotopic (exact) mass is 663 g/mol. The van der Waals surface area contributed by atoms with Crippen molar-refractivity contribution >= 4 is 46.0 Å². The van der Waals surface area contributed by atoms with Crippen LogP contribution in [-0.2, 0) is 11.2 Å². The summed E-state index contributed by atoms with van der Waals surface area (Å²) in [5.74, 6) is -3.03. The number of carbonyl (C=O) groups excluding carboxylic acids is 2. The number of nitrogens with zero attached hydrogens (tertiary/aromatic N) is 4. The van der Waals surface area contributed by atoms with Crippen LogP contribution >= 0.6 is 11.6 Å². The molecule has 0 fully saturated rings. The predicted molar refractivity (Wildman–Crippen MR) is 174 cm³/mol. The third-order valence-corrected chi connectivity index (χ3v) is 8.48. The maximum Gasteiger partial charge on any atom is 0.335 e. The van der Waals surface area contributed by atoms with E-state index in [4.69, 9.17) is 16.0 Å². The van der Waals surface area contributed by atoms with E-state index in [1.165, 1.54) is 65.9 Å². The van der Waals surface area contributed by atoms with E-state index in [1.54, 1.807) is 24.3 Å². The van der Waals surface area contributed by atoms with Gasteiger partial charge in [0, 0.05) is 18.3 Å². The summed E-state index contributed by atoms with van der Waals surface area (Å²) >= 11 is 5.94. The summed E-state index contributed by atoms with van der Waals surface area (Å²) in [6.07, 6.45) is 2.96. The Labute approximate surface area is 275 Å². The number of carboxylic acids is 1. The number of hydrogen-bond donors (Lipinski definition) is 2. The molecule has 1 unspecified atom stereocenters. The van der Waals surface area contributed by atoms with Crippen LogP contribution in [0.1, 0.15) is 38.0 Å². The lowest BCUT2D eigenvalue weighted by Crippen LogP contribution is -2.45. The molecule has 1 aliphatic heterocycles. The molecule has 2 amide bonds. The summed E-state index contributed by atoms with van der Waals surface area (Å²) in [6.45, 7) is 0.104. The molecule has 6 aromatic rings. The summed E-state index contributed by atoms with van der Waals surface area (Å²) in [5, 5.41) is 20.3. The van der Waals surface area contributed by atoms with Gasteiger partial charge in [-0.3, -0.25) is 14.4 Å². The highest BCUT2D eigenvalue weighted by molar-refractivity contribution is 6.30. The SMILES string of the molecule is O=C(O)c1ccc(NC(=O)C2c3cccc(-c4ccc5occc(=O)c5c4)c3CCN2C(=O)c2cn(-c3cccc(Cl)c3F)nn2)cc1. The fraction of sp³-hybridized carbons (Fsp3) is 0.0857. The van der Waals surface area contributed by atoms with Gasteiger partial charge >= 0.3 is 5.97 Å². The van der Waals surface area contributed by atoms with Crippen LogP contribution in [0.15, 0.2) is 107 Å². The second kappa shape index (κ2) is 12.2. The number of fused-ring (bicyclic) bond motifs is 2. The summed E-state index contributed by atoms with van der Waals surface area (Å²) in [6, 6.07) is 20.8. The molecule has 3 heterocycles. The highest BCUT2D eigenvalue weighted by atomic mass is 35.5. The van der Waals surface area contributed by atoms with Crippen LogP contribution in [0, 0.1) is 5.82 Å². The number of carbonyl (C=O) groups is 3. The zero-order valence-corrected chi connectivity index (χ0v) is 25.5. The van der Waals surface area contributed by atoms with E-state index in [9.17, 15) is 28.7 Å². The van der Waals surface area contributed by atoms with E-state index in [0.29, 0.717) is 28.6 Å². The minimum atomic E-state index is -1.15. The van der Waals surface area contributed by atoms with Gasteiger partial charge in [-0.25, -0.2) is 13.9 Å². The van der Waals surface area contributed by atoms with Crippen LogP contribution in [0.5, 0.6) is 0 Å². The standard InChI is InChI=1S/C35H23ClFN5O6/c36-26-5-2-6-28(31(26)37)42-18-27(39-40-42)34(45)41-15-13-23-22(20-9-12-30-25(17-20)29(43)14-16-48-30)3-1-4-24(23)32(41)33(44)38-21-10-7-19(8-11-21)35(46)47/h1-12,14,16-18,32H,13,15H2,(H,38,44)(H,46,47). The van der Waals surface area contributed by atoms with Gasteiger partial charge in [-0.05, 0) is 77.2 Å². The Hall–Kier alpha value is -6.14. The van der Waals surface area contributed by atoms with Crippen molar-refractivity contribution in [1.29, 1.82) is 0 Å². The average molecular weight is 664 g/mol. The molecular formula is C35H23ClFN5O6. The minimum Gasteiger partial charge on any atom is -0.478 e. The maximum atomic E-state index is 14.7. The molecule has 0 saturated carbocycles. The van der Waals surface area contributed by atoms with Crippen LogP contribution in [0.25, 0.3) is 27.8 Å². The van der Waals surface area contributed by atoms with Crippen molar-refractivity contribution in [2.24, 2.45) is 0 Å². The number of halogens is 2. The molecular weight excluding hydrogens is 641 g/mol. The van der Waals surface area contributed by atoms with Gasteiger partial charge in [0.2, 0.25) is 0 Å². The number of aromatic carboxylic acids is 1. The lowest BCUT2D eigenvalue weighted by molar-refractivity contribution is -0.121. The van der Waals surface area contributed by atoms with Gasteiger partial charge in [-0.1, -0.05) is 47.1 Å². The van der Waals surface area contributed by atoms with E-state index in [-0.39, 0.29) is 33.9 Å². The minimum absolute atomic E-state index is 0.00814. The molecule has 2 aromatic heterocycles. The lowest BCUT2D eigenvalue weighted by Gasteiger charge is -2.37. The van der Waals surface area contributed by atoms with Crippen LogP contribution in [0.4, 0.5) is 10.1 Å². The molecule has 0 radical (unpaired) electrons. The summed E-state index contributed by atoms with van der Waals surface area (Å²) in [4.78, 5) is 53.4. The van der Waals surface area contributed by atoms with Crippen LogP contribution in [0.3, 0.4) is 0 Å². The van der Waals surface area contributed by atoms with E-state index in [0.717, 1.165) is 21.4 Å². The van der Waals surface area contributed by atoms with E-state index in [1.807, 2.05) is 12.1 Å². The first-order valence-corrected chi connectivity index (χ1v) is 15.0. The largest absolute Gasteiger partial charge is 0.478 e. The second-order valence-electron chi connectivity index (χ2n) is 11.0. The van der Waals surface area contributed by atoms with Crippen LogP contribution in [0.2, 0.25) is 5.02 Å². The summed E-state index contributed by atoms with van der Waals surface area (Å²) in [5.41, 5.74) is 3.31. The maximum absolute atomic E-state index is 14.7. The van der Waals surface area contributed by atoms with Crippen LogP contribution in [-0.4, -0.2) is 49.3 Å². The fourth-order valence-corrected chi connectivity index (χ4v) is 6.07. The fourth-order valence-electron chi connectivity index (χ4n) is 5.90. The Morgan fingerprint density at radius 2 is 1.79 bits per heavy atom. The number of benzene rings is 4. The molecule has 0 saturated heterocycles. The Kier molecular flexibility index (Phi) is 7.77. The number of amides is 2. The molecule has 11 nitrogen and oxygen atoms in total. The molecule has 1 atom stereocenters. The van der Waals surface area contributed by atoms with E-state index >= 15 is 0 Å². The number of hydrogen-bond acceptors (Lipinski definition) is 7. The third-order valence-electron chi connectivity index (χ3n) is 8.19. The molecule has 7 rings (SSSR count). The molecule has 1 aliphatic rings. The van der Waals surface area contributed by atoms with Crippen molar-refractivity contribution in [2.75, 3.05) is 11.9 Å². The normalized spacial score (nSPS) is 14.0. The number of carboxylic acid groups (broad SMARTS) is 1. The van der Waals surface area contributed by atoms with Gasteiger partial charge in [0.05, 0.1) is 28.4 Å². The summed E-state index contributed by atoms with van der Waals surface area (Å²) in [7, 11) is 0. The van der Waals surface area contributed by atoms with Gasteiger partial charge in [0.25, 0.3) is 11.8 Å². The highest BCUT2D eigenvalue weighted by Gasteiger charge is 2.38. The number of aromatic nitrogens is 3. The highest BCUT2D eigenvalue weighted by Crippen LogP contribution is 2.38. The van der Waals surface area contributed by atoms with Crippen molar-refractivity contribution < 1.29 is 28.3 Å². The Bertz CT molecular complexity index is 2320. The molecule has 13 heteroatoms. The first-order valence-electron chi connectivity index (χ1n) is 14.7. The van der Waals surface area contributed by atoms with Crippen molar-refractivity contribution in [3.05, 3.63) is 141 Å². The Morgan fingerprint density at radius 3 is 2.58 bits per heavy atom. The summed E-state index contributed by atoms with van der Waals surface area (Å²) < 4.78 is 21.3. The number of nitrogens with one attached hydrogen (secondary N) is 1. The Balaban J connectivity index is 1.29. The Morgan fingerprint density at radius 1 is 1.00 bits per heavy atom. The van der Waals surface area contributed by atoms with E-state index < -0.39 is 29.6 Å². The quantitative estimate of drug-likeness (QED) is 0.224. The lowest BCUT2D eigenvalue weighted by atomic mass is 9.85. The first kappa shape index (κ1) is 30.5. The number of anilines is 1. The van der Waals surface area contributed by atoms with E-state index in [2.05, 4.69) is 15.6 Å². The van der Waals surface area contributed by atoms with Gasteiger partial charge in [0.1, 0.15) is 17.3 Å². The second-order valence-corrected chi connectivity index (χ2v) is 11.4. The molecule has 0 spiro atoms. The van der Waals surface area contributed by atoms with Crippen molar-refractivity contribution in [2.45, 2.75) is 12.5 Å². The third kappa shape index (κ3) is 5.47.